The maximum Gasteiger partial charge on any atom is 0.141 e. The summed E-state index contributed by atoms with van der Waals surface area (Å²) in [5.41, 5.74) is 3.31. The van der Waals surface area contributed by atoms with Gasteiger partial charge >= 0.3 is 0 Å². The van der Waals surface area contributed by atoms with Crippen LogP contribution in [0, 0.1) is 6.92 Å². The molecule has 0 aliphatic rings. The van der Waals surface area contributed by atoms with E-state index in [2.05, 4.69) is 23.8 Å². The molecule has 0 atom stereocenters. The average molecular weight is 230 g/mol. The maximum atomic E-state index is 5.35. The monoisotopic (exact) mass is 230 g/mol. The van der Waals surface area contributed by atoms with E-state index in [4.69, 9.17) is 4.74 Å². The van der Waals surface area contributed by atoms with Crippen molar-refractivity contribution in [2.75, 3.05) is 7.11 Å². The minimum atomic E-state index is 0.851. The van der Waals surface area contributed by atoms with Gasteiger partial charge in [0.25, 0.3) is 0 Å². The molecule has 3 nitrogen and oxygen atoms in total. The molecular weight excluding hydrogens is 212 g/mol. The summed E-state index contributed by atoms with van der Waals surface area (Å²) in [6, 6.07) is 7.93. The van der Waals surface area contributed by atoms with E-state index in [1.807, 2.05) is 24.3 Å². The molecule has 90 valence electrons. The Morgan fingerprint density at radius 2 is 2.06 bits per heavy atom. The minimum Gasteiger partial charge on any atom is -0.496 e. The Bertz CT molecular complexity index is 503. The molecule has 0 radical (unpaired) electrons. The largest absolute Gasteiger partial charge is 0.496 e. The first-order valence-corrected chi connectivity index (χ1v) is 5.95. The molecule has 0 saturated carbocycles. The molecule has 0 bridgehead atoms. The van der Waals surface area contributed by atoms with E-state index in [1.54, 1.807) is 7.11 Å². The standard InChI is InChI=1S/C14H18N2O/c1-4-7-12-10(2)15-14(16-12)11-8-5-6-9-13(11)17-3/h5-6,8-9H,4,7H2,1-3H3,(H,15,16). The van der Waals surface area contributed by atoms with Crippen molar-refractivity contribution in [2.24, 2.45) is 0 Å². The molecule has 1 heterocycles. The number of nitrogens with one attached hydrogen (secondary N) is 1. The highest BCUT2D eigenvalue weighted by atomic mass is 16.5. The quantitative estimate of drug-likeness (QED) is 0.874. The molecule has 0 aliphatic carbocycles. The number of para-hydroxylation sites is 1. The fourth-order valence-corrected chi connectivity index (χ4v) is 1.94. The number of benzene rings is 1. The Labute approximate surface area is 102 Å². The van der Waals surface area contributed by atoms with Gasteiger partial charge in [-0.05, 0) is 25.5 Å². The number of rotatable bonds is 4. The first-order chi connectivity index (χ1) is 8.26. The molecule has 0 unspecified atom stereocenters. The number of methoxy groups -OCH3 is 1. The van der Waals surface area contributed by atoms with Gasteiger partial charge in [0, 0.05) is 5.69 Å². The SMILES string of the molecule is CCCc1nc(-c2ccccc2OC)[nH]c1C. The lowest BCUT2D eigenvalue weighted by Gasteiger charge is -2.04. The van der Waals surface area contributed by atoms with E-state index in [1.165, 1.54) is 0 Å². The zero-order valence-corrected chi connectivity index (χ0v) is 10.6. The molecule has 0 amide bonds. The highest BCUT2D eigenvalue weighted by Crippen LogP contribution is 2.28. The van der Waals surface area contributed by atoms with E-state index in [-0.39, 0.29) is 0 Å². The van der Waals surface area contributed by atoms with Crippen LogP contribution < -0.4 is 4.74 Å². The van der Waals surface area contributed by atoms with Crippen molar-refractivity contribution < 1.29 is 4.74 Å². The fraction of sp³-hybridized carbons (Fsp3) is 0.357. The third-order valence-electron chi connectivity index (χ3n) is 2.83. The number of nitrogens with zero attached hydrogens (tertiary/aromatic N) is 1. The molecule has 2 aromatic rings. The van der Waals surface area contributed by atoms with E-state index in [0.717, 1.165) is 41.4 Å². The third kappa shape index (κ3) is 2.33. The van der Waals surface area contributed by atoms with Crippen LogP contribution in [-0.2, 0) is 6.42 Å². The number of H-pyrrole nitrogens is 1. The predicted molar refractivity (Wildman–Crippen MR) is 69.3 cm³/mol. The average Bonchev–Trinajstić information content (AvgIpc) is 2.71. The van der Waals surface area contributed by atoms with Crippen molar-refractivity contribution in [3.8, 4) is 17.1 Å². The van der Waals surface area contributed by atoms with Gasteiger partial charge in [0.1, 0.15) is 11.6 Å². The fourth-order valence-electron chi connectivity index (χ4n) is 1.94. The van der Waals surface area contributed by atoms with Crippen molar-refractivity contribution >= 4 is 0 Å². The number of aryl methyl sites for hydroxylation is 2. The van der Waals surface area contributed by atoms with Crippen molar-refractivity contribution in [1.29, 1.82) is 0 Å². The second-order valence-corrected chi connectivity index (χ2v) is 4.11. The van der Waals surface area contributed by atoms with Gasteiger partial charge in [-0.1, -0.05) is 25.5 Å². The van der Waals surface area contributed by atoms with Crippen LogP contribution in [0.25, 0.3) is 11.4 Å². The zero-order valence-electron chi connectivity index (χ0n) is 10.6. The second-order valence-electron chi connectivity index (χ2n) is 4.11. The van der Waals surface area contributed by atoms with Gasteiger partial charge in [0.2, 0.25) is 0 Å². The Balaban J connectivity index is 2.42. The van der Waals surface area contributed by atoms with Gasteiger partial charge in [-0.15, -0.1) is 0 Å². The van der Waals surface area contributed by atoms with Crippen LogP contribution in [-0.4, -0.2) is 17.1 Å². The molecule has 1 aromatic carbocycles. The lowest BCUT2D eigenvalue weighted by molar-refractivity contribution is 0.416. The summed E-state index contributed by atoms with van der Waals surface area (Å²) in [5.74, 6) is 1.74. The number of hydrogen-bond acceptors (Lipinski definition) is 2. The lowest BCUT2D eigenvalue weighted by atomic mass is 10.2. The Hall–Kier alpha value is -1.77. The second kappa shape index (κ2) is 5.04. The van der Waals surface area contributed by atoms with Crippen LogP contribution in [0.4, 0.5) is 0 Å². The minimum absolute atomic E-state index is 0.851. The number of hydrogen-bond donors (Lipinski definition) is 1. The first-order valence-electron chi connectivity index (χ1n) is 5.95. The van der Waals surface area contributed by atoms with Crippen LogP contribution in [0.1, 0.15) is 24.7 Å². The number of ether oxygens (including phenoxy) is 1. The van der Waals surface area contributed by atoms with Crippen LogP contribution in [0.15, 0.2) is 24.3 Å². The molecule has 0 fully saturated rings. The van der Waals surface area contributed by atoms with Crippen molar-refractivity contribution in [1.82, 2.24) is 9.97 Å². The molecule has 1 aromatic heterocycles. The highest BCUT2D eigenvalue weighted by Gasteiger charge is 2.11. The smallest absolute Gasteiger partial charge is 0.141 e. The molecule has 0 saturated heterocycles. The molecule has 17 heavy (non-hydrogen) atoms. The summed E-state index contributed by atoms with van der Waals surface area (Å²) in [6.45, 7) is 4.23. The Morgan fingerprint density at radius 1 is 1.29 bits per heavy atom. The Kier molecular flexibility index (Phi) is 3.47. The van der Waals surface area contributed by atoms with Crippen LogP contribution >= 0.6 is 0 Å². The maximum absolute atomic E-state index is 5.35. The third-order valence-corrected chi connectivity index (χ3v) is 2.83. The summed E-state index contributed by atoms with van der Waals surface area (Å²) in [6.07, 6.45) is 2.12. The molecular formula is C14H18N2O. The number of aromatic amines is 1. The van der Waals surface area contributed by atoms with Crippen LogP contribution in [0.3, 0.4) is 0 Å². The van der Waals surface area contributed by atoms with Crippen molar-refractivity contribution in [2.45, 2.75) is 26.7 Å². The number of imidazole rings is 1. The van der Waals surface area contributed by atoms with Crippen LogP contribution in [0.2, 0.25) is 0 Å². The van der Waals surface area contributed by atoms with Gasteiger partial charge in [0.05, 0.1) is 18.4 Å². The predicted octanol–water partition coefficient (Wildman–Crippen LogP) is 3.35. The highest BCUT2D eigenvalue weighted by molar-refractivity contribution is 5.64. The molecule has 0 aliphatic heterocycles. The van der Waals surface area contributed by atoms with Gasteiger partial charge in [0.15, 0.2) is 0 Å². The molecule has 0 spiro atoms. The topological polar surface area (TPSA) is 37.9 Å². The van der Waals surface area contributed by atoms with E-state index < -0.39 is 0 Å². The normalized spacial score (nSPS) is 10.5. The van der Waals surface area contributed by atoms with Crippen LogP contribution in [0.5, 0.6) is 5.75 Å². The van der Waals surface area contributed by atoms with E-state index >= 15 is 0 Å². The van der Waals surface area contributed by atoms with Crippen molar-refractivity contribution in [3.63, 3.8) is 0 Å². The lowest BCUT2D eigenvalue weighted by Crippen LogP contribution is -1.89. The van der Waals surface area contributed by atoms with Crippen molar-refractivity contribution in [3.05, 3.63) is 35.7 Å². The van der Waals surface area contributed by atoms with Gasteiger partial charge in [-0.2, -0.15) is 0 Å². The molecule has 2 rings (SSSR count). The summed E-state index contributed by atoms with van der Waals surface area (Å²) in [4.78, 5) is 7.97. The van der Waals surface area contributed by atoms with E-state index in [9.17, 15) is 0 Å². The summed E-state index contributed by atoms with van der Waals surface area (Å²) in [5, 5.41) is 0. The van der Waals surface area contributed by atoms with Gasteiger partial charge in [-0.3, -0.25) is 0 Å². The summed E-state index contributed by atoms with van der Waals surface area (Å²) >= 11 is 0. The Morgan fingerprint density at radius 3 is 2.76 bits per heavy atom. The summed E-state index contributed by atoms with van der Waals surface area (Å²) in [7, 11) is 1.68. The van der Waals surface area contributed by atoms with Gasteiger partial charge in [-0.25, -0.2) is 4.98 Å². The van der Waals surface area contributed by atoms with Gasteiger partial charge < -0.3 is 9.72 Å². The molecule has 1 N–H and O–H groups in total. The zero-order chi connectivity index (χ0) is 12.3. The van der Waals surface area contributed by atoms with E-state index in [0.29, 0.717) is 0 Å². The first kappa shape index (κ1) is 11.7. The summed E-state index contributed by atoms with van der Waals surface area (Å²) < 4.78 is 5.35. The number of aromatic nitrogens is 2. The molecule has 3 heteroatoms.